The molecule has 84 valence electrons. The van der Waals surface area contributed by atoms with Crippen LogP contribution in [0.2, 0.25) is 5.02 Å². The Balaban J connectivity index is 2.28. The molecule has 2 aromatic carbocycles. The molecule has 0 heterocycles. The third-order valence-electron chi connectivity index (χ3n) is 2.28. The van der Waals surface area contributed by atoms with Gasteiger partial charge in [-0.05, 0) is 42.8 Å². The van der Waals surface area contributed by atoms with Crippen LogP contribution in [0, 0.1) is 18.3 Å². The van der Waals surface area contributed by atoms with E-state index in [-0.39, 0.29) is 0 Å². The van der Waals surface area contributed by atoms with Gasteiger partial charge in [-0.2, -0.15) is 5.26 Å². The van der Waals surface area contributed by atoms with Gasteiger partial charge in [-0.15, -0.1) is 0 Å². The molecule has 0 spiro atoms. The molecule has 2 nitrogen and oxygen atoms in total. The maximum absolute atomic E-state index is 8.73. The van der Waals surface area contributed by atoms with Crippen LogP contribution in [0.1, 0.15) is 11.1 Å². The normalized spacial score (nSPS) is 9.71. The number of rotatable bonds is 2. The summed E-state index contributed by atoms with van der Waals surface area (Å²) >= 11 is 6.02. The van der Waals surface area contributed by atoms with Crippen molar-refractivity contribution in [3.05, 3.63) is 58.6 Å². The second-order valence-electron chi connectivity index (χ2n) is 3.68. The lowest BCUT2D eigenvalue weighted by Crippen LogP contribution is -1.86. The van der Waals surface area contributed by atoms with Crippen molar-refractivity contribution in [2.45, 2.75) is 6.92 Å². The number of nitrogens with zero attached hydrogens (tertiary/aromatic N) is 1. The average Bonchev–Trinajstić information content (AvgIpc) is 2.32. The first-order chi connectivity index (χ1) is 8.19. The Bertz CT molecular complexity index is 587. The molecule has 3 heteroatoms. The van der Waals surface area contributed by atoms with Crippen molar-refractivity contribution in [3.8, 4) is 17.6 Å². The predicted octanol–water partition coefficient (Wildman–Crippen LogP) is 4.31. The van der Waals surface area contributed by atoms with Crippen LogP contribution >= 0.6 is 11.6 Å². The Labute approximate surface area is 105 Å². The van der Waals surface area contributed by atoms with Crippen LogP contribution < -0.4 is 4.74 Å². The van der Waals surface area contributed by atoms with E-state index in [1.54, 1.807) is 18.2 Å². The van der Waals surface area contributed by atoms with Gasteiger partial charge in [0.2, 0.25) is 0 Å². The largest absolute Gasteiger partial charge is 0.456 e. The Hall–Kier alpha value is -1.98. The van der Waals surface area contributed by atoms with Gasteiger partial charge in [0.25, 0.3) is 0 Å². The number of halogens is 1. The highest BCUT2D eigenvalue weighted by Gasteiger charge is 2.04. The van der Waals surface area contributed by atoms with Crippen molar-refractivity contribution in [2.24, 2.45) is 0 Å². The smallest absolute Gasteiger partial charge is 0.146 e. The Morgan fingerprint density at radius 3 is 2.65 bits per heavy atom. The number of benzene rings is 2. The second kappa shape index (κ2) is 4.90. The summed E-state index contributed by atoms with van der Waals surface area (Å²) in [5.74, 6) is 1.29. The molecule has 0 saturated carbocycles. The predicted molar refractivity (Wildman–Crippen MR) is 67.4 cm³/mol. The van der Waals surface area contributed by atoms with Gasteiger partial charge >= 0.3 is 0 Å². The summed E-state index contributed by atoms with van der Waals surface area (Å²) in [7, 11) is 0. The minimum absolute atomic E-state index is 0.436. The summed E-state index contributed by atoms with van der Waals surface area (Å²) in [5.41, 5.74) is 1.64. The van der Waals surface area contributed by atoms with Gasteiger partial charge in [-0.3, -0.25) is 0 Å². The number of hydrogen-bond donors (Lipinski definition) is 0. The second-order valence-corrected chi connectivity index (χ2v) is 4.08. The summed E-state index contributed by atoms with van der Waals surface area (Å²) in [6.45, 7) is 1.99. The van der Waals surface area contributed by atoms with Crippen molar-refractivity contribution >= 4 is 11.6 Å². The monoisotopic (exact) mass is 243 g/mol. The Morgan fingerprint density at radius 2 is 2.00 bits per heavy atom. The molecule has 0 aliphatic carbocycles. The third kappa shape index (κ3) is 2.77. The van der Waals surface area contributed by atoms with E-state index in [2.05, 4.69) is 0 Å². The third-order valence-corrected chi connectivity index (χ3v) is 2.57. The van der Waals surface area contributed by atoms with E-state index in [1.165, 1.54) is 0 Å². The van der Waals surface area contributed by atoms with Gasteiger partial charge in [0.05, 0.1) is 16.7 Å². The first kappa shape index (κ1) is 11.5. The van der Waals surface area contributed by atoms with Gasteiger partial charge < -0.3 is 4.74 Å². The van der Waals surface area contributed by atoms with E-state index in [1.807, 2.05) is 37.3 Å². The average molecular weight is 244 g/mol. The summed E-state index contributed by atoms with van der Waals surface area (Å²) in [6.07, 6.45) is 0. The van der Waals surface area contributed by atoms with Crippen molar-refractivity contribution in [2.75, 3.05) is 0 Å². The molecule has 0 aliphatic rings. The lowest BCUT2D eigenvalue weighted by Gasteiger charge is -2.08. The molecular formula is C14H10ClNO. The molecule has 0 radical (unpaired) electrons. The van der Waals surface area contributed by atoms with Gasteiger partial charge in [-0.25, -0.2) is 0 Å². The van der Waals surface area contributed by atoms with Gasteiger partial charge in [0.15, 0.2) is 0 Å². The molecule has 0 fully saturated rings. The standard InChI is InChI=1S/C14H10ClNO/c1-10-3-2-4-12(7-10)17-14-6-5-11(9-16)8-13(14)15/h2-8H,1H3. The van der Waals surface area contributed by atoms with Crippen LogP contribution in [0.25, 0.3) is 0 Å². The van der Waals surface area contributed by atoms with Gasteiger partial charge in [0.1, 0.15) is 11.5 Å². The molecule has 0 bridgehead atoms. The fourth-order valence-electron chi connectivity index (χ4n) is 1.46. The highest BCUT2D eigenvalue weighted by molar-refractivity contribution is 6.32. The van der Waals surface area contributed by atoms with Crippen LogP contribution in [-0.2, 0) is 0 Å². The maximum atomic E-state index is 8.73. The van der Waals surface area contributed by atoms with Crippen LogP contribution in [0.5, 0.6) is 11.5 Å². The number of ether oxygens (including phenoxy) is 1. The van der Waals surface area contributed by atoms with E-state index in [0.717, 1.165) is 11.3 Å². The summed E-state index contributed by atoms with van der Waals surface area (Å²) in [6, 6.07) is 14.7. The Kier molecular flexibility index (Phi) is 3.32. The van der Waals surface area contributed by atoms with Crippen LogP contribution in [0.15, 0.2) is 42.5 Å². The van der Waals surface area contributed by atoms with Crippen LogP contribution in [0.3, 0.4) is 0 Å². The van der Waals surface area contributed by atoms with Gasteiger partial charge in [-0.1, -0.05) is 23.7 Å². The molecule has 0 saturated heterocycles. The topological polar surface area (TPSA) is 33.0 Å². The number of hydrogen-bond acceptors (Lipinski definition) is 2. The molecule has 0 amide bonds. The fraction of sp³-hybridized carbons (Fsp3) is 0.0714. The van der Waals surface area contributed by atoms with Crippen LogP contribution in [0.4, 0.5) is 0 Å². The minimum Gasteiger partial charge on any atom is -0.456 e. The fourth-order valence-corrected chi connectivity index (χ4v) is 1.68. The van der Waals surface area contributed by atoms with Crippen molar-refractivity contribution in [3.63, 3.8) is 0 Å². The van der Waals surface area contributed by atoms with Crippen molar-refractivity contribution in [1.29, 1.82) is 5.26 Å². The van der Waals surface area contributed by atoms with E-state index in [9.17, 15) is 0 Å². The molecule has 0 aromatic heterocycles. The lowest BCUT2D eigenvalue weighted by atomic mass is 10.2. The first-order valence-electron chi connectivity index (χ1n) is 5.13. The molecule has 0 unspecified atom stereocenters. The summed E-state index contributed by atoms with van der Waals surface area (Å²) < 4.78 is 5.65. The maximum Gasteiger partial charge on any atom is 0.146 e. The molecular weight excluding hydrogens is 234 g/mol. The van der Waals surface area contributed by atoms with Gasteiger partial charge in [0, 0.05) is 0 Å². The highest BCUT2D eigenvalue weighted by Crippen LogP contribution is 2.30. The van der Waals surface area contributed by atoms with E-state index < -0.39 is 0 Å². The minimum atomic E-state index is 0.436. The molecule has 0 aliphatic heterocycles. The first-order valence-corrected chi connectivity index (χ1v) is 5.51. The Morgan fingerprint density at radius 1 is 1.18 bits per heavy atom. The molecule has 0 atom stereocenters. The molecule has 2 rings (SSSR count). The lowest BCUT2D eigenvalue weighted by molar-refractivity contribution is 0.482. The van der Waals surface area contributed by atoms with Crippen LogP contribution in [-0.4, -0.2) is 0 Å². The molecule has 0 N–H and O–H groups in total. The quantitative estimate of drug-likeness (QED) is 0.787. The van der Waals surface area contributed by atoms with E-state index in [4.69, 9.17) is 21.6 Å². The van der Waals surface area contributed by atoms with Crippen molar-refractivity contribution < 1.29 is 4.74 Å². The number of aryl methyl sites for hydroxylation is 1. The zero-order valence-corrected chi connectivity index (χ0v) is 10.0. The van der Waals surface area contributed by atoms with E-state index >= 15 is 0 Å². The van der Waals surface area contributed by atoms with E-state index in [0.29, 0.717) is 16.3 Å². The summed E-state index contributed by atoms with van der Waals surface area (Å²) in [5, 5.41) is 9.17. The van der Waals surface area contributed by atoms with Crippen molar-refractivity contribution in [1.82, 2.24) is 0 Å². The zero-order valence-electron chi connectivity index (χ0n) is 9.27. The number of nitriles is 1. The zero-order chi connectivity index (χ0) is 12.3. The molecule has 2 aromatic rings. The highest BCUT2D eigenvalue weighted by atomic mass is 35.5. The molecule has 17 heavy (non-hydrogen) atoms. The SMILES string of the molecule is Cc1cccc(Oc2ccc(C#N)cc2Cl)c1. The summed E-state index contributed by atoms with van der Waals surface area (Å²) in [4.78, 5) is 0.